The molecule has 0 saturated carbocycles. The van der Waals surface area contributed by atoms with Crippen LogP contribution in [0.4, 0.5) is 0 Å². The van der Waals surface area contributed by atoms with Crippen molar-refractivity contribution in [1.29, 1.82) is 0 Å². The zero-order valence-electron chi connectivity index (χ0n) is 14.9. The molecule has 1 fully saturated rings. The van der Waals surface area contributed by atoms with Gasteiger partial charge in [-0.15, -0.1) is 0 Å². The Morgan fingerprint density at radius 1 is 1.16 bits per heavy atom. The molecule has 1 aliphatic heterocycles. The van der Waals surface area contributed by atoms with Crippen LogP contribution < -0.4 is 0 Å². The number of nitrogens with zero attached hydrogens (tertiary/aromatic N) is 5. The summed E-state index contributed by atoms with van der Waals surface area (Å²) in [6, 6.07) is 6.84. The molecule has 3 aromatic heterocycles. The van der Waals surface area contributed by atoms with Gasteiger partial charge in [0.1, 0.15) is 11.5 Å². The average molecular weight is 335 g/mol. The Bertz CT molecular complexity index is 906. The molecule has 0 unspecified atom stereocenters. The second kappa shape index (κ2) is 5.99. The fourth-order valence-electron chi connectivity index (χ4n) is 4.66. The average Bonchev–Trinajstić information content (AvgIpc) is 3.34. The van der Waals surface area contributed by atoms with Crippen LogP contribution in [0.5, 0.6) is 0 Å². The Labute approximate surface area is 148 Å². The Morgan fingerprint density at radius 2 is 2.08 bits per heavy atom. The standard InChI is InChI=1S/C20H25N5/c1-23-17-8-3-2-7-16(17)22-20(23)18-9-5-12-24(18)14-15-6-4-10-19-21-11-13-25(15)19/h4,6,10-11,13,18H,2-3,5,7-9,12,14H2,1H3/t18-/m1/s1. The Hall–Kier alpha value is -2.14. The van der Waals surface area contributed by atoms with Crippen molar-refractivity contribution in [3.05, 3.63) is 53.5 Å². The lowest BCUT2D eigenvalue weighted by molar-refractivity contribution is 0.232. The van der Waals surface area contributed by atoms with Crippen LogP contribution in [-0.2, 0) is 26.4 Å². The van der Waals surface area contributed by atoms with Gasteiger partial charge in [-0.3, -0.25) is 4.90 Å². The van der Waals surface area contributed by atoms with Crippen molar-refractivity contribution in [2.75, 3.05) is 6.54 Å². The van der Waals surface area contributed by atoms with Crippen LogP contribution in [0.15, 0.2) is 30.6 Å². The highest BCUT2D eigenvalue weighted by Gasteiger charge is 2.31. The van der Waals surface area contributed by atoms with Crippen LogP contribution in [0.1, 0.15) is 54.6 Å². The van der Waals surface area contributed by atoms with Gasteiger partial charge < -0.3 is 8.97 Å². The first-order valence-corrected chi connectivity index (χ1v) is 9.50. The van der Waals surface area contributed by atoms with Gasteiger partial charge >= 0.3 is 0 Å². The molecule has 5 nitrogen and oxygen atoms in total. The molecule has 1 aliphatic carbocycles. The number of aromatic nitrogens is 4. The molecule has 0 spiro atoms. The van der Waals surface area contributed by atoms with E-state index in [1.807, 2.05) is 6.20 Å². The number of likely N-dealkylation sites (tertiary alicyclic amines) is 1. The maximum Gasteiger partial charge on any atom is 0.136 e. The van der Waals surface area contributed by atoms with Gasteiger partial charge in [0.25, 0.3) is 0 Å². The summed E-state index contributed by atoms with van der Waals surface area (Å²) in [7, 11) is 2.22. The third-order valence-electron chi connectivity index (χ3n) is 5.95. The molecule has 3 aromatic rings. The molecular formula is C20H25N5. The molecule has 25 heavy (non-hydrogen) atoms. The summed E-state index contributed by atoms with van der Waals surface area (Å²) in [5, 5.41) is 0. The normalized spacial score (nSPS) is 21.1. The highest BCUT2D eigenvalue weighted by Crippen LogP contribution is 2.34. The Kier molecular flexibility index (Phi) is 3.63. The number of pyridine rings is 1. The van der Waals surface area contributed by atoms with Crippen molar-refractivity contribution in [2.45, 2.75) is 51.1 Å². The van der Waals surface area contributed by atoms with Crippen LogP contribution in [0.3, 0.4) is 0 Å². The van der Waals surface area contributed by atoms with E-state index in [0.717, 1.165) is 25.2 Å². The lowest BCUT2D eigenvalue weighted by atomic mass is 10.0. The monoisotopic (exact) mass is 335 g/mol. The summed E-state index contributed by atoms with van der Waals surface area (Å²) in [6.45, 7) is 2.10. The van der Waals surface area contributed by atoms with E-state index < -0.39 is 0 Å². The fourth-order valence-corrected chi connectivity index (χ4v) is 4.66. The summed E-state index contributed by atoms with van der Waals surface area (Å²) in [6.07, 6.45) is 11.4. The maximum atomic E-state index is 5.08. The largest absolute Gasteiger partial charge is 0.334 e. The van der Waals surface area contributed by atoms with E-state index in [4.69, 9.17) is 4.98 Å². The first-order chi connectivity index (χ1) is 12.3. The Morgan fingerprint density at radius 3 is 3.00 bits per heavy atom. The summed E-state index contributed by atoms with van der Waals surface area (Å²) in [4.78, 5) is 12.1. The molecule has 5 rings (SSSR count). The number of imidazole rings is 2. The lowest BCUT2D eigenvalue weighted by Crippen LogP contribution is -2.26. The van der Waals surface area contributed by atoms with Gasteiger partial charge in [0.15, 0.2) is 0 Å². The third kappa shape index (κ3) is 2.49. The number of rotatable bonds is 3. The maximum absolute atomic E-state index is 5.08. The minimum atomic E-state index is 0.439. The number of hydrogen-bond acceptors (Lipinski definition) is 3. The van der Waals surface area contributed by atoms with E-state index in [9.17, 15) is 0 Å². The third-order valence-corrected chi connectivity index (χ3v) is 5.95. The van der Waals surface area contributed by atoms with Crippen LogP contribution >= 0.6 is 0 Å². The zero-order valence-corrected chi connectivity index (χ0v) is 14.9. The van der Waals surface area contributed by atoms with Crippen molar-refractivity contribution in [2.24, 2.45) is 7.05 Å². The molecule has 1 atom stereocenters. The van der Waals surface area contributed by atoms with Gasteiger partial charge in [-0.2, -0.15) is 0 Å². The minimum absolute atomic E-state index is 0.439. The number of hydrogen-bond donors (Lipinski definition) is 0. The van der Waals surface area contributed by atoms with E-state index in [-0.39, 0.29) is 0 Å². The molecule has 4 heterocycles. The molecule has 0 amide bonds. The van der Waals surface area contributed by atoms with Crippen molar-refractivity contribution >= 4 is 5.65 Å². The van der Waals surface area contributed by atoms with Gasteiger partial charge in [0.2, 0.25) is 0 Å². The van der Waals surface area contributed by atoms with E-state index in [1.54, 1.807) is 0 Å². The predicted octanol–water partition coefficient (Wildman–Crippen LogP) is 3.28. The fraction of sp³-hybridized carbons (Fsp3) is 0.500. The SMILES string of the molecule is Cn1c([C@H]2CCCN2Cc2cccc3nccn23)nc2c1CCCC2. The van der Waals surface area contributed by atoms with Crippen LogP contribution in [0, 0.1) is 0 Å². The lowest BCUT2D eigenvalue weighted by Gasteiger charge is -2.24. The van der Waals surface area contributed by atoms with Gasteiger partial charge in [0, 0.05) is 37.4 Å². The van der Waals surface area contributed by atoms with Crippen molar-refractivity contribution in [1.82, 2.24) is 23.8 Å². The van der Waals surface area contributed by atoms with Crippen molar-refractivity contribution in [3.63, 3.8) is 0 Å². The molecule has 5 heteroatoms. The molecule has 2 aliphatic rings. The van der Waals surface area contributed by atoms with Gasteiger partial charge in [-0.1, -0.05) is 6.07 Å². The van der Waals surface area contributed by atoms with E-state index >= 15 is 0 Å². The molecule has 0 radical (unpaired) electrons. The van der Waals surface area contributed by atoms with Gasteiger partial charge in [0.05, 0.1) is 11.7 Å². The van der Waals surface area contributed by atoms with Crippen molar-refractivity contribution in [3.8, 4) is 0 Å². The molecule has 0 N–H and O–H groups in total. The smallest absolute Gasteiger partial charge is 0.136 e. The first-order valence-electron chi connectivity index (χ1n) is 9.50. The summed E-state index contributed by atoms with van der Waals surface area (Å²) < 4.78 is 4.61. The van der Waals surface area contributed by atoms with E-state index in [0.29, 0.717) is 6.04 Å². The van der Waals surface area contributed by atoms with Crippen LogP contribution in [-0.4, -0.2) is 30.4 Å². The quantitative estimate of drug-likeness (QED) is 0.737. The Balaban J connectivity index is 1.46. The molecule has 130 valence electrons. The summed E-state index contributed by atoms with van der Waals surface area (Å²) in [5.41, 5.74) is 5.17. The van der Waals surface area contributed by atoms with Gasteiger partial charge in [-0.25, -0.2) is 9.97 Å². The second-order valence-electron chi connectivity index (χ2n) is 7.43. The van der Waals surface area contributed by atoms with Crippen LogP contribution in [0.2, 0.25) is 0 Å². The highest BCUT2D eigenvalue weighted by molar-refractivity contribution is 5.39. The molecular weight excluding hydrogens is 310 g/mol. The minimum Gasteiger partial charge on any atom is -0.334 e. The highest BCUT2D eigenvalue weighted by atomic mass is 15.2. The van der Waals surface area contributed by atoms with E-state index in [1.165, 1.54) is 55.0 Å². The topological polar surface area (TPSA) is 38.4 Å². The van der Waals surface area contributed by atoms with E-state index in [2.05, 4.69) is 50.3 Å². The summed E-state index contributed by atoms with van der Waals surface area (Å²) >= 11 is 0. The first kappa shape index (κ1) is 15.1. The molecule has 1 saturated heterocycles. The molecule has 0 bridgehead atoms. The van der Waals surface area contributed by atoms with Crippen molar-refractivity contribution < 1.29 is 0 Å². The van der Waals surface area contributed by atoms with Gasteiger partial charge in [-0.05, 0) is 57.2 Å². The predicted molar refractivity (Wildman–Crippen MR) is 97.4 cm³/mol. The number of aryl methyl sites for hydroxylation is 1. The second-order valence-corrected chi connectivity index (χ2v) is 7.43. The summed E-state index contributed by atoms with van der Waals surface area (Å²) in [5.74, 6) is 1.28. The molecule has 0 aromatic carbocycles. The number of fused-ring (bicyclic) bond motifs is 2. The van der Waals surface area contributed by atoms with Crippen LogP contribution in [0.25, 0.3) is 5.65 Å². The zero-order chi connectivity index (χ0) is 16.8.